The number of rotatable bonds is 10. The van der Waals surface area contributed by atoms with Crippen LogP contribution in [0.15, 0.2) is 35.1 Å². The Hall–Kier alpha value is -1.02. The van der Waals surface area contributed by atoms with Crippen molar-refractivity contribution in [2.45, 2.75) is 323 Å². The van der Waals surface area contributed by atoms with E-state index in [1.165, 1.54) is 186 Å². The zero-order valence-corrected chi connectivity index (χ0v) is 49.6. The average Bonchev–Trinajstić information content (AvgIpc) is 3.41. The summed E-state index contributed by atoms with van der Waals surface area (Å²) in [4.78, 5) is 6.92. The Kier molecular flexibility index (Phi) is 17.0. The fourth-order valence-corrected chi connectivity index (χ4v) is 21.5. The van der Waals surface area contributed by atoms with Crippen LogP contribution in [0.5, 0.6) is 0 Å². The van der Waals surface area contributed by atoms with Gasteiger partial charge in [-0.2, -0.15) is 0 Å². The monoisotopic (exact) mass is 999 g/mol. The van der Waals surface area contributed by atoms with Crippen LogP contribution in [0.4, 0.5) is 0 Å². The summed E-state index contributed by atoms with van der Waals surface area (Å²) in [5.74, 6) is 10.8. The maximum Gasteiger partial charge on any atom is 0.0321 e. The first-order chi connectivity index (χ1) is 35.2. The second kappa shape index (κ2) is 23.0. The fourth-order valence-electron chi connectivity index (χ4n) is 21.5. The lowest BCUT2D eigenvalue weighted by Gasteiger charge is -2.64. The molecule has 73 heavy (non-hydrogen) atoms. The van der Waals surface area contributed by atoms with Crippen LogP contribution in [-0.2, 0) is 0 Å². The van der Waals surface area contributed by atoms with Crippen molar-refractivity contribution >= 4 is 0 Å². The molecular formula is C71H118N2. The lowest BCUT2D eigenvalue weighted by Crippen LogP contribution is -2.62. The molecule has 2 heteroatoms. The van der Waals surface area contributed by atoms with E-state index < -0.39 is 0 Å². The SMILES string of the molecule is CC(C)(C)C1CCCC(N(C2=CC(C3CCCCC3)=CC(C3=CCCCC3)C2)C2CCC3CC(N(C4CC(C5CCCCC5)CC(C5CCCCC5)C4)C4CCCC(C(C)(C)C)C4)CC4C3C2CCC4(C)C)C1. The van der Waals surface area contributed by atoms with E-state index in [1.54, 1.807) is 56.9 Å². The molecule has 0 N–H and O–H groups in total. The van der Waals surface area contributed by atoms with Gasteiger partial charge in [0.05, 0.1) is 0 Å². The maximum absolute atomic E-state index is 3.54. The van der Waals surface area contributed by atoms with Gasteiger partial charge in [0.2, 0.25) is 0 Å². The largest absolute Gasteiger partial charge is 0.369 e. The highest BCUT2D eigenvalue weighted by Crippen LogP contribution is 2.62. The molecule has 11 rings (SSSR count). The van der Waals surface area contributed by atoms with Crippen molar-refractivity contribution in [1.29, 1.82) is 0 Å². The first-order valence-corrected chi connectivity index (χ1v) is 33.8. The van der Waals surface area contributed by atoms with E-state index in [2.05, 4.69) is 83.4 Å². The Bertz CT molecular complexity index is 1860. The Morgan fingerprint density at radius 2 is 1.08 bits per heavy atom. The number of hydrogen-bond acceptors (Lipinski definition) is 2. The first-order valence-electron chi connectivity index (χ1n) is 33.8. The van der Waals surface area contributed by atoms with Crippen LogP contribution in [0.2, 0.25) is 0 Å². The van der Waals surface area contributed by atoms with E-state index in [0.29, 0.717) is 22.2 Å². The average molecular weight is 1000 g/mol. The van der Waals surface area contributed by atoms with E-state index in [1.807, 2.05) is 11.3 Å². The Balaban J connectivity index is 0.934. The minimum atomic E-state index is 0.395. The summed E-state index contributed by atoms with van der Waals surface area (Å²) in [5.41, 5.74) is 6.72. The molecule has 2 nitrogen and oxygen atoms in total. The van der Waals surface area contributed by atoms with Crippen molar-refractivity contribution in [2.75, 3.05) is 0 Å². The van der Waals surface area contributed by atoms with Crippen molar-refractivity contribution < 1.29 is 0 Å². The number of allylic oxidation sites excluding steroid dienone is 6. The van der Waals surface area contributed by atoms with Crippen LogP contribution in [0.1, 0.15) is 293 Å². The van der Waals surface area contributed by atoms with Crippen LogP contribution in [-0.4, -0.2) is 40.0 Å². The molecular weight excluding hydrogens is 881 g/mol. The second-order valence-electron chi connectivity index (χ2n) is 32.2. The molecule has 0 spiro atoms. The highest BCUT2D eigenvalue weighted by molar-refractivity contribution is 5.36. The van der Waals surface area contributed by atoms with Gasteiger partial charge in [0.25, 0.3) is 0 Å². The first kappa shape index (κ1) is 54.0. The summed E-state index contributed by atoms with van der Waals surface area (Å²) in [7, 11) is 0. The van der Waals surface area contributed by atoms with Crippen molar-refractivity contribution in [3.8, 4) is 0 Å². The summed E-state index contributed by atoms with van der Waals surface area (Å²) >= 11 is 0. The molecule has 13 unspecified atom stereocenters. The standard InChI is InChI=1S/C71H118N2/c1-69(2,3)58-31-21-33-60(46-58)72(62-42-54(49-23-13-9-14-24-49)39-55(43-62)50-25-15-10-16-26-50)64-41-53-35-36-67(65-37-38-71(7,8)66(48-64)68(53)65)73(61-34-22-32-59(47-61)70(4,5)6)63-44-56(51-27-17-11-18-28-51)40-57(45-63)52-29-19-12-20-30-52/h27,40,45,49-50,52-56,58-62,64-68H,9-26,28-39,41-44,46-48H2,1-8H3. The molecule has 0 radical (unpaired) electrons. The third-order valence-corrected chi connectivity index (χ3v) is 25.6. The van der Waals surface area contributed by atoms with Crippen molar-refractivity contribution in [1.82, 2.24) is 9.80 Å². The lowest BCUT2D eigenvalue weighted by molar-refractivity contribution is -0.132. The molecule has 0 aromatic carbocycles. The summed E-state index contributed by atoms with van der Waals surface area (Å²) < 4.78 is 0. The van der Waals surface area contributed by atoms with Crippen molar-refractivity contribution in [2.24, 2.45) is 87.3 Å². The summed E-state index contributed by atoms with van der Waals surface area (Å²) in [5, 5.41) is 0. The summed E-state index contributed by atoms with van der Waals surface area (Å²) in [6.07, 6.45) is 63.3. The van der Waals surface area contributed by atoms with E-state index in [4.69, 9.17) is 0 Å². The topological polar surface area (TPSA) is 6.48 Å². The highest BCUT2D eigenvalue weighted by atomic mass is 15.2. The van der Waals surface area contributed by atoms with Gasteiger partial charge in [-0.05, 0) is 234 Å². The molecule has 0 aromatic rings. The van der Waals surface area contributed by atoms with Crippen LogP contribution < -0.4 is 0 Å². The third-order valence-electron chi connectivity index (χ3n) is 25.6. The zero-order chi connectivity index (χ0) is 50.5. The molecule has 412 valence electrons. The van der Waals surface area contributed by atoms with Gasteiger partial charge in [0.15, 0.2) is 0 Å². The van der Waals surface area contributed by atoms with Crippen LogP contribution in [0.25, 0.3) is 0 Å². The van der Waals surface area contributed by atoms with E-state index in [9.17, 15) is 0 Å². The zero-order valence-electron chi connectivity index (χ0n) is 49.6. The summed E-state index contributed by atoms with van der Waals surface area (Å²) in [6.45, 7) is 21.3. The molecule has 0 saturated heterocycles. The second-order valence-corrected chi connectivity index (χ2v) is 32.2. The smallest absolute Gasteiger partial charge is 0.0321 e. The Morgan fingerprint density at radius 3 is 1.70 bits per heavy atom. The van der Waals surface area contributed by atoms with Gasteiger partial charge in [-0.15, -0.1) is 0 Å². The van der Waals surface area contributed by atoms with Gasteiger partial charge >= 0.3 is 0 Å². The molecule has 11 aliphatic carbocycles. The van der Waals surface area contributed by atoms with Gasteiger partial charge in [0, 0.05) is 41.8 Å². The van der Waals surface area contributed by atoms with Crippen LogP contribution in [0.3, 0.4) is 0 Å². The van der Waals surface area contributed by atoms with Crippen LogP contribution >= 0.6 is 0 Å². The predicted molar refractivity (Wildman–Crippen MR) is 312 cm³/mol. The molecule has 0 aliphatic heterocycles. The van der Waals surface area contributed by atoms with Crippen LogP contribution in [0, 0.1) is 87.3 Å². The van der Waals surface area contributed by atoms with Gasteiger partial charge in [-0.1, -0.05) is 169 Å². The molecule has 13 atom stereocenters. The Morgan fingerprint density at radius 1 is 0.493 bits per heavy atom. The van der Waals surface area contributed by atoms with Crippen molar-refractivity contribution in [3.05, 3.63) is 35.1 Å². The molecule has 11 aliphatic rings. The van der Waals surface area contributed by atoms with Gasteiger partial charge < -0.3 is 4.90 Å². The molecule has 9 fully saturated rings. The predicted octanol–water partition coefficient (Wildman–Crippen LogP) is 20.3. The molecule has 9 saturated carbocycles. The van der Waals surface area contributed by atoms with E-state index in [-0.39, 0.29) is 0 Å². The third kappa shape index (κ3) is 12.0. The van der Waals surface area contributed by atoms with Gasteiger partial charge in [0.1, 0.15) is 0 Å². The van der Waals surface area contributed by atoms with Gasteiger partial charge in [-0.25, -0.2) is 0 Å². The fraction of sp³-hybridized carbons (Fsp3) is 0.915. The molecule has 0 bridgehead atoms. The Labute approximate surface area is 453 Å². The quantitative estimate of drug-likeness (QED) is 0.201. The summed E-state index contributed by atoms with van der Waals surface area (Å²) in [6, 6.07) is 3.93. The maximum atomic E-state index is 3.54. The number of hydrogen-bond donors (Lipinski definition) is 0. The van der Waals surface area contributed by atoms with E-state index in [0.717, 1.165) is 95.3 Å². The minimum Gasteiger partial charge on any atom is -0.369 e. The molecule has 0 aromatic heterocycles. The molecule has 0 amide bonds. The van der Waals surface area contributed by atoms with Crippen molar-refractivity contribution in [3.63, 3.8) is 0 Å². The van der Waals surface area contributed by atoms with E-state index >= 15 is 0 Å². The number of nitrogens with zero attached hydrogens (tertiary/aromatic N) is 2. The highest BCUT2D eigenvalue weighted by Gasteiger charge is 2.58. The normalized spacial score (nSPS) is 40.8. The minimum absolute atomic E-state index is 0.395. The lowest BCUT2D eigenvalue weighted by atomic mass is 9.47. The molecule has 0 heterocycles. The van der Waals surface area contributed by atoms with Gasteiger partial charge in [-0.3, -0.25) is 4.90 Å².